The molecule has 0 aliphatic carbocycles. The van der Waals surface area contributed by atoms with Gasteiger partial charge in [0, 0.05) is 4.88 Å². The molecule has 1 aromatic heterocycles. The van der Waals surface area contributed by atoms with Crippen molar-refractivity contribution in [1.29, 1.82) is 0 Å². The van der Waals surface area contributed by atoms with Crippen molar-refractivity contribution < 1.29 is 18.7 Å². The molecule has 28 heavy (non-hydrogen) atoms. The third-order valence-corrected chi connectivity index (χ3v) is 5.01. The van der Waals surface area contributed by atoms with E-state index in [0.717, 1.165) is 21.8 Å². The normalized spacial score (nSPS) is 10.4. The van der Waals surface area contributed by atoms with Crippen molar-refractivity contribution in [3.63, 3.8) is 0 Å². The van der Waals surface area contributed by atoms with Crippen LogP contribution in [0.2, 0.25) is 0 Å². The van der Waals surface area contributed by atoms with E-state index in [0.29, 0.717) is 11.5 Å². The van der Waals surface area contributed by atoms with E-state index in [-0.39, 0.29) is 18.1 Å². The molecule has 0 saturated carbocycles. The molecule has 144 valence electrons. The van der Waals surface area contributed by atoms with Gasteiger partial charge in [0.1, 0.15) is 11.6 Å². The van der Waals surface area contributed by atoms with Gasteiger partial charge in [-0.1, -0.05) is 24.3 Å². The summed E-state index contributed by atoms with van der Waals surface area (Å²) in [5.41, 5.74) is 6.46. The van der Waals surface area contributed by atoms with E-state index in [1.807, 2.05) is 6.92 Å². The number of carbonyl (C=O) groups is 2. The Morgan fingerprint density at radius 2 is 1.68 bits per heavy atom. The van der Waals surface area contributed by atoms with Crippen molar-refractivity contribution in [2.75, 3.05) is 6.61 Å². The average Bonchev–Trinajstić information content (AvgIpc) is 3.19. The number of hydrogen-bond acceptors (Lipinski definition) is 4. The highest BCUT2D eigenvalue weighted by molar-refractivity contribution is 7.17. The molecule has 0 fully saturated rings. The third-order valence-electron chi connectivity index (χ3n) is 3.87. The lowest BCUT2D eigenvalue weighted by Crippen LogP contribution is -2.42. The molecule has 5 nitrogen and oxygen atoms in total. The fraction of sp³-hybridized carbons (Fsp3) is 0.143. The summed E-state index contributed by atoms with van der Waals surface area (Å²) in [4.78, 5) is 25.5. The number of halogens is 1. The summed E-state index contributed by atoms with van der Waals surface area (Å²) in [6.07, 6.45) is 0.137. The first-order valence-corrected chi connectivity index (χ1v) is 9.53. The van der Waals surface area contributed by atoms with Gasteiger partial charge in [-0.25, -0.2) is 4.39 Å². The topological polar surface area (TPSA) is 67.4 Å². The highest BCUT2D eigenvalue weighted by Crippen LogP contribution is 2.28. The van der Waals surface area contributed by atoms with Crippen LogP contribution >= 0.6 is 11.3 Å². The maximum absolute atomic E-state index is 13.0. The van der Waals surface area contributed by atoms with Gasteiger partial charge in [-0.3, -0.25) is 20.4 Å². The smallest absolute Gasteiger partial charge is 0.279 e. The zero-order chi connectivity index (χ0) is 19.9. The molecule has 1 heterocycles. The van der Waals surface area contributed by atoms with Crippen LogP contribution in [0.3, 0.4) is 0 Å². The number of thiophene rings is 1. The molecule has 2 amide bonds. The molecular weight excluding hydrogens is 379 g/mol. The number of nitrogens with one attached hydrogen (secondary N) is 2. The maximum atomic E-state index is 13.0. The monoisotopic (exact) mass is 398 g/mol. The summed E-state index contributed by atoms with van der Waals surface area (Å²) in [5.74, 6) is -0.297. The minimum atomic E-state index is -0.404. The SMILES string of the molecule is CCOc1ccc(CC(=O)NNC(=O)c2ccc(-c3ccc(F)cc3)s2)cc1. The molecule has 2 aromatic carbocycles. The zero-order valence-electron chi connectivity index (χ0n) is 15.2. The summed E-state index contributed by atoms with van der Waals surface area (Å²) in [5, 5.41) is 0. The standard InChI is InChI=1S/C21H19FN2O3S/c1-2-27-17-9-3-14(4-10-17)13-20(25)23-24-21(26)19-12-11-18(28-19)15-5-7-16(22)8-6-15/h3-12H,2,13H2,1H3,(H,23,25)(H,24,26). The molecule has 3 rings (SSSR count). The first-order valence-electron chi connectivity index (χ1n) is 8.72. The van der Waals surface area contributed by atoms with Crippen LogP contribution in [0, 0.1) is 5.82 Å². The van der Waals surface area contributed by atoms with Crippen LogP contribution in [0.4, 0.5) is 4.39 Å². The van der Waals surface area contributed by atoms with Crippen molar-refractivity contribution in [3.8, 4) is 16.2 Å². The molecule has 0 radical (unpaired) electrons. The van der Waals surface area contributed by atoms with Crippen molar-refractivity contribution >= 4 is 23.2 Å². The first-order chi connectivity index (χ1) is 13.5. The lowest BCUT2D eigenvalue weighted by Gasteiger charge is -2.07. The Bertz CT molecular complexity index is 953. The lowest BCUT2D eigenvalue weighted by molar-refractivity contribution is -0.121. The number of benzene rings is 2. The predicted molar refractivity (Wildman–Crippen MR) is 107 cm³/mol. The van der Waals surface area contributed by atoms with Crippen molar-refractivity contribution in [1.82, 2.24) is 10.9 Å². The molecule has 3 aromatic rings. The van der Waals surface area contributed by atoms with Gasteiger partial charge in [-0.15, -0.1) is 11.3 Å². The van der Waals surface area contributed by atoms with Gasteiger partial charge in [0.05, 0.1) is 17.9 Å². The predicted octanol–water partition coefficient (Wildman–Crippen LogP) is 3.96. The van der Waals surface area contributed by atoms with Crippen LogP contribution in [-0.2, 0) is 11.2 Å². The van der Waals surface area contributed by atoms with Gasteiger partial charge in [0.15, 0.2) is 0 Å². The van der Waals surface area contributed by atoms with Crippen LogP contribution in [0.1, 0.15) is 22.2 Å². The van der Waals surface area contributed by atoms with E-state index in [2.05, 4.69) is 10.9 Å². The second kappa shape index (κ2) is 9.14. The molecule has 0 aliphatic heterocycles. The second-order valence-corrected chi connectivity index (χ2v) is 7.01. The van der Waals surface area contributed by atoms with Crippen LogP contribution in [-0.4, -0.2) is 18.4 Å². The van der Waals surface area contributed by atoms with E-state index in [4.69, 9.17) is 4.74 Å². The van der Waals surface area contributed by atoms with Gasteiger partial charge in [0.25, 0.3) is 5.91 Å². The van der Waals surface area contributed by atoms with E-state index < -0.39 is 5.91 Å². The highest BCUT2D eigenvalue weighted by atomic mass is 32.1. The van der Waals surface area contributed by atoms with E-state index in [1.165, 1.54) is 23.5 Å². The molecule has 2 N–H and O–H groups in total. The fourth-order valence-corrected chi connectivity index (χ4v) is 3.42. The summed E-state index contributed by atoms with van der Waals surface area (Å²) >= 11 is 1.26. The van der Waals surface area contributed by atoms with Gasteiger partial charge >= 0.3 is 0 Å². The number of hydrogen-bond donors (Lipinski definition) is 2. The highest BCUT2D eigenvalue weighted by Gasteiger charge is 2.12. The second-order valence-electron chi connectivity index (χ2n) is 5.93. The van der Waals surface area contributed by atoms with Crippen molar-refractivity contribution in [2.45, 2.75) is 13.3 Å². The number of rotatable bonds is 6. The largest absolute Gasteiger partial charge is 0.494 e. The zero-order valence-corrected chi connectivity index (χ0v) is 16.0. The summed E-state index contributed by atoms with van der Waals surface area (Å²) < 4.78 is 18.4. The molecule has 0 spiro atoms. The minimum absolute atomic E-state index is 0.137. The third kappa shape index (κ3) is 5.17. The number of carbonyl (C=O) groups excluding carboxylic acids is 2. The Labute approximate surface area is 166 Å². The molecule has 0 unspecified atom stereocenters. The Balaban J connectivity index is 1.52. The summed E-state index contributed by atoms with van der Waals surface area (Å²) in [6.45, 7) is 2.48. The summed E-state index contributed by atoms with van der Waals surface area (Å²) in [7, 11) is 0. The van der Waals surface area contributed by atoms with Gasteiger partial charge < -0.3 is 4.74 Å². The quantitative estimate of drug-likeness (QED) is 0.618. The maximum Gasteiger partial charge on any atom is 0.279 e. The van der Waals surface area contributed by atoms with Gasteiger partial charge in [-0.05, 0) is 54.4 Å². The lowest BCUT2D eigenvalue weighted by atomic mass is 10.1. The van der Waals surface area contributed by atoms with Crippen LogP contribution in [0.5, 0.6) is 5.75 Å². The Morgan fingerprint density at radius 1 is 0.964 bits per heavy atom. The Kier molecular flexibility index (Phi) is 6.39. The number of amides is 2. The molecular formula is C21H19FN2O3S. The van der Waals surface area contributed by atoms with E-state index in [1.54, 1.807) is 48.5 Å². The Morgan fingerprint density at radius 3 is 2.36 bits per heavy atom. The first kappa shape index (κ1) is 19.6. The van der Waals surface area contributed by atoms with Gasteiger partial charge in [-0.2, -0.15) is 0 Å². The van der Waals surface area contributed by atoms with Crippen LogP contribution in [0.15, 0.2) is 60.7 Å². The molecule has 0 saturated heterocycles. The number of hydrazine groups is 1. The summed E-state index contributed by atoms with van der Waals surface area (Å²) in [6, 6.07) is 16.7. The van der Waals surface area contributed by atoms with Crippen molar-refractivity contribution in [2.24, 2.45) is 0 Å². The molecule has 0 atom stereocenters. The molecule has 0 aliphatic rings. The van der Waals surface area contributed by atoms with E-state index >= 15 is 0 Å². The van der Waals surface area contributed by atoms with E-state index in [9.17, 15) is 14.0 Å². The number of ether oxygens (including phenoxy) is 1. The minimum Gasteiger partial charge on any atom is -0.494 e. The fourth-order valence-electron chi connectivity index (χ4n) is 2.52. The van der Waals surface area contributed by atoms with Crippen molar-refractivity contribution in [3.05, 3.63) is 76.9 Å². The molecule has 7 heteroatoms. The van der Waals surface area contributed by atoms with Crippen LogP contribution < -0.4 is 15.6 Å². The van der Waals surface area contributed by atoms with Crippen LogP contribution in [0.25, 0.3) is 10.4 Å². The Hall–Kier alpha value is -3.19. The van der Waals surface area contributed by atoms with Gasteiger partial charge in [0.2, 0.25) is 5.91 Å². The average molecular weight is 398 g/mol. The molecule has 0 bridgehead atoms.